The number of aromatic amines is 1. The number of aromatic nitrogens is 2. The molecule has 21 heavy (non-hydrogen) atoms. The predicted octanol–water partition coefficient (Wildman–Crippen LogP) is 2.02. The highest BCUT2D eigenvalue weighted by molar-refractivity contribution is 5.27. The summed E-state index contributed by atoms with van der Waals surface area (Å²) in [6, 6.07) is 8.56. The van der Waals surface area contributed by atoms with Gasteiger partial charge in [0.25, 0.3) is 0 Å². The van der Waals surface area contributed by atoms with Gasteiger partial charge in [-0.1, -0.05) is 12.1 Å². The van der Waals surface area contributed by atoms with Crippen molar-refractivity contribution in [1.82, 2.24) is 14.5 Å². The number of methoxy groups -OCH3 is 1. The van der Waals surface area contributed by atoms with Gasteiger partial charge in [-0.05, 0) is 30.5 Å². The summed E-state index contributed by atoms with van der Waals surface area (Å²) in [5, 5.41) is 0. The first-order valence-electron chi connectivity index (χ1n) is 7.37. The number of likely N-dealkylation sites (tertiary alicyclic amines) is 1. The molecule has 1 aliphatic rings. The van der Waals surface area contributed by atoms with E-state index in [2.05, 4.69) is 22.0 Å². The van der Waals surface area contributed by atoms with Gasteiger partial charge in [0, 0.05) is 38.1 Å². The average molecular weight is 287 g/mol. The molecule has 112 valence electrons. The third-order valence-electron chi connectivity index (χ3n) is 4.19. The second-order valence-corrected chi connectivity index (χ2v) is 5.53. The zero-order valence-corrected chi connectivity index (χ0v) is 12.3. The molecular formula is C16H21N3O2. The molecule has 2 heterocycles. The molecular weight excluding hydrogens is 266 g/mol. The number of imidazole rings is 1. The lowest BCUT2D eigenvalue weighted by Gasteiger charge is -2.32. The van der Waals surface area contributed by atoms with Crippen molar-refractivity contribution in [3.63, 3.8) is 0 Å². The number of benzene rings is 1. The van der Waals surface area contributed by atoms with Crippen LogP contribution in [0.1, 0.15) is 24.4 Å². The second-order valence-electron chi connectivity index (χ2n) is 5.53. The third kappa shape index (κ3) is 3.19. The number of nitrogens with one attached hydrogen (secondary N) is 1. The van der Waals surface area contributed by atoms with Gasteiger partial charge in [-0.3, -0.25) is 9.47 Å². The molecule has 5 nitrogen and oxygen atoms in total. The SMILES string of the molecule is COc1ccc(CN2CCC(n3cc[nH]c3=O)CC2)cc1. The maximum atomic E-state index is 11.6. The Morgan fingerprint density at radius 2 is 1.95 bits per heavy atom. The Bertz CT molecular complexity index is 621. The first-order valence-corrected chi connectivity index (χ1v) is 7.37. The van der Waals surface area contributed by atoms with E-state index in [9.17, 15) is 4.79 Å². The third-order valence-corrected chi connectivity index (χ3v) is 4.19. The van der Waals surface area contributed by atoms with E-state index in [1.54, 1.807) is 13.3 Å². The van der Waals surface area contributed by atoms with Gasteiger partial charge >= 0.3 is 5.69 Å². The first kappa shape index (κ1) is 13.9. The smallest absolute Gasteiger partial charge is 0.325 e. The molecule has 0 atom stereocenters. The summed E-state index contributed by atoms with van der Waals surface area (Å²) < 4.78 is 7.00. The number of piperidine rings is 1. The van der Waals surface area contributed by atoms with Crippen LogP contribution in [-0.4, -0.2) is 34.7 Å². The number of hydrogen-bond acceptors (Lipinski definition) is 3. The monoisotopic (exact) mass is 287 g/mol. The van der Waals surface area contributed by atoms with Gasteiger partial charge in [-0.2, -0.15) is 0 Å². The largest absolute Gasteiger partial charge is 0.497 e. The van der Waals surface area contributed by atoms with Crippen LogP contribution in [0.2, 0.25) is 0 Å². The summed E-state index contributed by atoms with van der Waals surface area (Å²) in [6.07, 6.45) is 5.61. The van der Waals surface area contributed by atoms with Crippen LogP contribution in [-0.2, 0) is 6.54 Å². The highest BCUT2D eigenvalue weighted by atomic mass is 16.5. The van der Waals surface area contributed by atoms with Crippen LogP contribution in [0.15, 0.2) is 41.5 Å². The molecule has 0 unspecified atom stereocenters. The Hall–Kier alpha value is -2.01. The summed E-state index contributed by atoms with van der Waals surface area (Å²) >= 11 is 0. The van der Waals surface area contributed by atoms with Crippen molar-refractivity contribution >= 4 is 0 Å². The van der Waals surface area contributed by atoms with Crippen molar-refractivity contribution < 1.29 is 4.74 Å². The molecule has 2 aromatic rings. The minimum absolute atomic E-state index is 0.00334. The summed E-state index contributed by atoms with van der Waals surface area (Å²) in [7, 11) is 1.68. The number of nitrogens with zero attached hydrogens (tertiary/aromatic N) is 2. The van der Waals surface area contributed by atoms with Crippen LogP contribution in [0, 0.1) is 0 Å². The lowest BCUT2D eigenvalue weighted by Crippen LogP contribution is -2.36. The lowest BCUT2D eigenvalue weighted by molar-refractivity contribution is 0.178. The fourth-order valence-corrected chi connectivity index (χ4v) is 2.96. The van der Waals surface area contributed by atoms with E-state index in [4.69, 9.17) is 4.74 Å². The van der Waals surface area contributed by atoms with Gasteiger partial charge in [0.1, 0.15) is 5.75 Å². The highest BCUT2D eigenvalue weighted by Gasteiger charge is 2.21. The van der Waals surface area contributed by atoms with E-state index in [0.717, 1.165) is 38.2 Å². The van der Waals surface area contributed by atoms with Crippen LogP contribution in [0.5, 0.6) is 5.75 Å². The van der Waals surface area contributed by atoms with Crippen molar-refractivity contribution in [2.45, 2.75) is 25.4 Å². The van der Waals surface area contributed by atoms with Crippen molar-refractivity contribution in [1.29, 1.82) is 0 Å². The van der Waals surface area contributed by atoms with E-state index in [1.807, 2.05) is 22.9 Å². The van der Waals surface area contributed by atoms with Gasteiger partial charge in [0.2, 0.25) is 0 Å². The average Bonchev–Trinajstić information content (AvgIpc) is 2.95. The van der Waals surface area contributed by atoms with E-state index < -0.39 is 0 Å². The van der Waals surface area contributed by atoms with Gasteiger partial charge in [-0.15, -0.1) is 0 Å². The Labute approximate surface area is 124 Å². The molecule has 1 aliphatic heterocycles. The predicted molar refractivity (Wildman–Crippen MR) is 81.6 cm³/mol. The van der Waals surface area contributed by atoms with Crippen LogP contribution in [0.3, 0.4) is 0 Å². The van der Waals surface area contributed by atoms with E-state index in [1.165, 1.54) is 5.56 Å². The molecule has 0 saturated carbocycles. The fourth-order valence-electron chi connectivity index (χ4n) is 2.96. The van der Waals surface area contributed by atoms with Crippen molar-refractivity contribution in [3.8, 4) is 5.75 Å². The van der Waals surface area contributed by atoms with Crippen LogP contribution < -0.4 is 10.4 Å². The maximum absolute atomic E-state index is 11.6. The molecule has 1 aromatic heterocycles. The molecule has 0 aliphatic carbocycles. The molecule has 1 N–H and O–H groups in total. The molecule has 0 amide bonds. The van der Waals surface area contributed by atoms with Crippen LogP contribution >= 0.6 is 0 Å². The topological polar surface area (TPSA) is 50.3 Å². The van der Waals surface area contributed by atoms with Crippen molar-refractivity contribution in [2.75, 3.05) is 20.2 Å². The second kappa shape index (κ2) is 6.18. The van der Waals surface area contributed by atoms with E-state index >= 15 is 0 Å². The van der Waals surface area contributed by atoms with Crippen molar-refractivity contribution in [3.05, 3.63) is 52.7 Å². The number of H-pyrrole nitrogens is 1. The maximum Gasteiger partial charge on any atom is 0.325 e. The minimum Gasteiger partial charge on any atom is -0.497 e. The Morgan fingerprint density at radius 3 is 2.52 bits per heavy atom. The van der Waals surface area contributed by atoms with E-state index in [0.29, 0.717) is 6.04 Å². The summed E-state index contributed by atoms with van der Waals surface area (Å²) in [6.45, 7) is 3.00. The molecule has 5 heteroatoms. The van der Waals surface area contributed by atoms with Gasteiger partial charge in [0.15, 0.2) is 0 Å². The minimum atomic E-state index is 0.00334. The number of hydrogen-bond donors (Lipinski definition) is 1. The zero-order valence-electron chi connectivity index (χ0n) is 12.3. The van der Waals surface area contributed by atoms with Gasteiger partial charge in [0.05, 0.1) is 7.11 Å². The molecule has 1 aromatic carbocycles. The normalized spacial score (nSPS) is 17.0. The molecule has 0 bridgehead atoms. The molecule has 1 fully saturated rings. The Balaban J connectivity index is 1.56. The molecule has 3 rings (SSSR count). The fraction of sp³-hybridized carbons (Fsp3) is 0.438. The van der Waals surface area contributed by atoms with Crippen LogP contribution in [0.4, 0.5) is 0 Å². The van der Waals surface area contributed by atoms with E-state index in [-0.39, 0.29) is 5.69 Å². The number of rotatable bonds is 4. The lowest BCUT2D eigenvalue weighted by atomic mass is 10.0. The Kier molecular flexibility index (Phi) is 4.10. The van der Waals surface area contributed by atoms with Gasteiger partial charge in [-0.25, -0.2) is 4.79 Å². The summed E-state index contributed by atoms with van der Waals surface area (Å²) in [4.78, 5) is 16.8. The first-order chi connectivity index (χ1) is 10.3. The quantitative estimate of drug-likeness (QED) is 0.936. The number of ether oxygens (including phenoxy) is 1. The van der Waals surface area contributed by atoms with Crippen molar-refractivity contribution in [2.24, 2.45) is 0 Å². The zero-order chi connectivity index (χ0) is 14.7. The summed E-state index contributed by atoms with van der Waals surface area (Å²) in [5.74, 6) is 0.893. The standard InChI is InChI=1S/C16H21N3O2/c1-21-15-4-2-13(3-5-15)12-18-9-6-14(7-10-18)19-11-8-17-16(19)20/h2-5,8,11,14H,6-7,9-10,12H2,1H3,(H,17,20). The Morgan fingerprint density at radius 1 is 1.24 bits per heavy atom. The summed E-state index contributed by atoms with van der Waals surface area (Å²) in [5.41, 5.74) is 1.30. The van der Waals surface area contributed by atoms with Crippen LogP contribution in [0.25, 0.3) is 0 Å². The molecule has 0 radical (unpaired) electrons. The highest BCUT2D eigenvalue weighted by Crippen LogP contribution is 2.22. The molecule has 1 saturated heterocycles. The van der Waals surface area contributed by atoms with Gasteiger partial charge < -0.3 is 9.72 Å². The molecule has 0 spiro atoms.